The van der Waals surface area contributed by atoms with Crippen molar-refractivity contribution in [1.82, 2.24) is 14.6 Å². The summed E-state index contributed by atoms with van der Waals surface area (Å²) in [6, 6.07) is 15.6. The Bertz CT molecular complexity index is 1120. The van der Waals surface area contributed by atoms with Crippen LogP contribution in [0.1, 0.15) is 22.8 Å². The fourth-order valence-electron chi connectivity index (χ4n) is 2.93. The van der Waals surface area contributed by atoms with Gasteiger partial charge in [-0.25, -0.2) is 9.37 Å². The van der Waals surface area contributed by atoms with Crippen LogP contribution in [0.3, 0.4) is 0 Å². The average molecular weight is 360 g/mol. The molecule has 0 unspecified atom stereocenters. The highest BCUT2D eigenvalue weighted by atomic mass is 19.1. The second-order valence-electron chi connectivity index (χ2n) is 6.24. The first-order chi connectivity index (χ1) is 13.1. The number of carbonyl (C=O) groups excluding carboxylic acids is 1. The third-order valence-corrected chi connectivity index (χ3v) is 4.37. The molecule has 0 amide bonds. The molecule has 2 aromatic carbocycles. The van der Waals surface area contributed by atoms with Gasteiger partial charge in [-0.1, -0.05) is 30.3 Å². The second kappa shape index (κ2) is 6.99. The Morgan fingerprint density at radius 1 is 1.15 bits per heavy atom. The van der Waals surface area contributed by atoms with Gasteiger partial charge in [0.1, 0.15) is 11.6 Å². The van der Waals surface area contributed by atoms with Gasteiger partial charge in [-0.15, -0.1) is 0 Å². The number of hydrogen-bond acceptors (Lipinski definition) is 4. The van der Waals surface area contributed by atoms with Crippen molar-refractivity contribution in [3.63, 3.8) is 0 Å². The first-order valence-electron chi connectivity index (χ1n) is 8.54. The molecule has 6 heteroatoms. The third kappa shape index (κ3) is 3.42. The van der Waals surface area contributed by atoms with Gasteiger partial charge in [0.15, 0.2) is 11.4 Å². The standard InChI is InChI=1S/C21H17FN4O/c1-14(27)16-3-2-4-17(11-16)19-13-25-26-20(9-10-23-21(19)26)24-12-15-5-7-18(22)8-6-15/h2-11,13,24H,12H2,1H3. The van der Waals surface area contributed by atoms with Gasteiger partial charge in [-0.2, -0.15) is 9.61 Å². The number of rotatable bonds is 5. The maximum atomic E-state index is 13.0. The number of benzene rings is 2. The molecule has 5 nitrogen and oxygen atoms in total. The second-order valence-corrected chi connectivity index (χ2v) is 6.24. The Kier molecular flexibility index (Phi) is 4.38. The number of nitrogens with one attached hydrogen (secondary N) is 1. The lowest BCUT2D eigenvalue weighted by atomic mass is 10.0. The average Bonchev–Trinajstić information content (AvgIpc) is 3.12. The molecule has 2 heterocycles. The zero-order valence-electron chi connectivity index (χ0n) is 14.7. The van der Waals surface area contributed by atoms with Gasteiger partial charge in [0.2, 0.25) is 0 Å². The van der Waals surface area contributed by atoms with Crippen molar-refractivity contribution in [2.75, 3.05) is 5.32 Å². The van der Waals surface area contributed by atoms with E-state index in [0.717, 1.165) is 22.5 Å². The van der Waals surface area contributed by atoms with E-state index < -0.39 is 0 Å². The number of halogens is 1. The molecule has 2 aromatic heterocycles. The highest BCUT2D eigenvalue weighted by Gasteiger charge is 2.12. The van der Waals surface area contributed by atoms with Crippen molar-refractivity contribution < 1.29 is 9.18 Å². The lowest BCUT2D eigenvalue weighted by Gasteiger charge is -2.08. The zero-order valence-corrected chi connectivity index (χ0v) is 14.7. The Morgan fingerprint density at radius 3 is 2.74 bits per heavy atom. The Morgan fingerprint density at radius 2 is 1.96 bits per heavy atom. The summed E-state index contributed by atoms with van der Waals surface area (Å²) in [4.78, 5) is 16.1. The molecule has 134 valence electrons. The summed E-state index contributed by atoms with van der Waals surface area (Å²) in [5.41, 5.74) is 4.05. The smallest absolute Gasteiger partial charge is 0.165 e. The van der Waals surface area contributed by atoms with Crippen molar-refractivity contribution in [2.45, 2.75) is 13.5 Å². The van der Waals surface area contributed by atoms with Crippen LogP contribution in [0.2, 0.25) is 0 Å². The molecule has 0 saturated heterocycles. The number of ketones is 1. The lowest BCUT2D eigenvalue weighted by molar-refractivity contribution is 0.101. The van der Waals surface area contributed by atoms with Gasteiger partial charge < -0.3 is 5.32 Å². The van der Waals surface area contributed by atoms with E-state index >= 15 is 0 Å². The fourth-order valence-corrected chi connectivity index (χ4v) is 2.93. The summed E-state index contributed by atoms with van der Waals surface area (Å²) in [6.07, 6.45) is 3.45. The van der Waals surface area contributed by atoms with Gasteiger partial charge in [0.05, 0.1) is 6.20 Å². The maximum absolute atomic E-state index is 13.0. The first-order valence-corrected chi connectivity index (χ1v) is 8.54. The summed E-state index contributed by atoms with van der Waals surface area (Å²) in [6.45, 7) is 2.08. The van der Waals surface area contributed by atoms with Gasteiger partial charge in [0, 0.05) is 23.9 Å². The summed E-state index contributed by atoms with van der Waals surface area (Å²) >= 11 is 0. The van der Waals surface area contributed by atoms with E-state index in [2.05, 4.69) is 15.4 Å². The van der Waals surface area contributed by atoms with Crippen LogP contribution in [0.15, 0.2) is 67.0 Å². The molecule has 0 fully saturated rings. The number of carbonyl (C=O) groups is 1. The first kappa shape index (κ1) is 16.9. The largest absolute Gasteiger partial charge is 0.366 e. The predicted molar refractivity (Wildman–Crippen MR) is 102 cm³/mol. The van der Waals surface area contributed by atoms with E-state index in [0.29, 0.717) is 17.8 Å². The van der Waals surface area contributed by atoms with Crippen molar-refractivity contribution >= 4 is 17.2 Å². The van der Waals surface area contributed by atoms with E-state index in [1.54, 1.807) is 42.0 Å². The van der Waals surface area contributed by atoms with Crippen LogP contribution in [-0.2, 0) is 6.54 Å². The number of hydrogen-bond donors (Lipinski definition) is 1. The van der Waals surface area contributed by atoms with Gasteiger partial charge in [-0.05, 0) is 42.3 Å². The highest BCUT2D eigenvalue weighted by molar-refractivity contribution is 5.95. The highest BCUT2D eigenvalue weighted by Crippen LogP contribution is 2.26. The molecule has 0 aliphatic heterocycles. The summed E-state index contributed by atoms with van der Waals surface area (Å²) < 4.78 is 14.8. The van der Waals surface area contributed by atoms with E-state index in [4.69, 9.17) is 0 Å². The Hall–Kier alpha value is -3.54. The molecule has 0 aliphatic rings. The molecule has 0 spiro atoms. The van der Waals surface area contributed by atoms with E-state index in [9.17, 15) is 9.18 Å². The van der Waals surface area contributed by atoms with Crippen LogP contribution in [0.4, 0.5) is 10.2 Å². The van der Waals surface area contributed by atoms with Crippen LogP contribution >= 0.6 is 0 Å². The number of aromatic nitrogens is 3. The van der Waals surface area contributed by atoms with E-state index in [1.807, 2.05) is 24.3 Å². The Balaban J connectivity index is 1.66. The number of fused-ring (bicyclic) bond motifs is 1. The minimum atomic E-state index is -0.255. The van der Waals surface area contributed by atoms with Gasteiger partial charge in [0.25, 0.3) is 0 Å². The third-order valence-electron chi connectivity index (χ3n) is 4.37. The predicted octanol–water partition coefficient (Wildman–Crippen LogP) is 4.35. The van der Waals surface area contributed by atoms with Crippen LogP contribution < -0.4 is 5.32 Å². The molecule has 0 aliphatic carbocycles. The molecule has 0 bridgehead atoms. The molecule has 1 N–H and O–H groups in total. The lowest BCUT2D eigenvalue weighted by Crippen LogP contribution is -2.05. The minimum absolute atomic E-state index is 0.0166. The molecule has 0 saturated carbocycles. The minimum Gasteiger partial charge on any atom is -0.366 e. The van der Waals surface area contributed by atoms with Gasteiger partial charge >= 0.3 is 0 Å². The summed E-state index contributed by atoms with van der Waals surface area (Å²) in [5, 5.41) is 7.74. The monoisotopic (exact) mass is 360 g/mol. The van der Waals surface area contributed by atoms with Crippen LogP contribution in [0, 0.1) is 5.82 Å². The molecule has 0 atom stereocenters. The van der Waals surface area contributed by atoms with E-state index in [-0.39, 0.29) is 11.6 Å². The summed E-state index contributed by atoms with van der Waals surface area (Å²) in [5.74, 6) is 0.538. The molecular formula is C21H17FN4O. The maximum Gasteiger partial charge on any atom is 0.165 e. The van der Waals surface area contributed by atoms with Crippen molar-refractivity contribution in [2.24, 2.45) is 0 Å². The van der Waals surface area contributed by atoms with Crippen LogP contribution in [0.25, 0.3) is 16.8 Å². The quantitative estimate of drug-likeness (QED) is 0.538. The zero-order chi connectivity index (χ0) is 18.8. The molecule has 4 aromatic rings. The van der Waals surface area contributed by atoms with Crippen LogP contribution in [0.5, 0.6) is 0 Å². The molecular weight excluding hydrogens is 343 g/mol. The van der Waals surface area contributed by atoms with Crippen molar-refractivity contribution in [3.05, 3.63) is 83.9 Å². The van der Waals surface area contributed by atoms with Crippen LogP contribution in [-0.4, -0.2) is 20.4 Å². The number of Topliss-reactive ketones (excluding diaryl/α,β-unsaturated/α-hetero) is 1. The number of anilines is 1. The number of nitrogens with zero attached hydrogens (tertiary/aromatic N) is 3. The normalized spacial score (nSPS) is 10.9. The van der Waals surface area contributed by atoms with Gasteiger partial charge in [-0.3, -0.25) is 4.79 Å². The molecule has 27 heavy (non-hydrogen) atoms. The van der Waals surface area contributed by atoms with Crippen molar-refractivity contribution in [3.8, 4) is 11.1 Å². The SMILES string of the molecule is CC(=O)c1cccc(-c2cnn3c(NCc4ccc(F)cc4)ccnc23)c1. The molecule has 4 rings (SSSR count). The summed E-state index contributed by atoms with van der Waals surface area (Å²) in [7, 11) is 0. The molecule has 0 radical (unpaired) electrons. The topological polar surface area (TPSA) is 59.3 Å². The Labute approximate surface area is 155 Å². The fraction of sp³-hybridized carbons (Fsp3) is 0.0952. The van der Waals surface area contributed by atoms with Crippen molar-refractivity contribution in [1.29, 1.82) is 0 Å². The van der Waals surface area contributed by atoms with E-state index in [1.165, 1.54) is 12.1 Å².